The maximum atomic E-state index is 10.8. The molecule has 0 aromatic carbocycles. The number of hydrogen-bond donors (Lipinski definition) is 3. The van der Waals surface area contributed by atoms with Crippen molar-refractivity contribution >= 4 is 13.8 Å². The number of hydrogen-bond acceptors (Lipinski definition) is 4. The van der Waals surface area contributed by atoms with E-state index in [9.17, 15) is 9.36 Å². The van der Waals surface area contributed by atoms with Crippen LogP contribution in [0.1, 0.15) is 19.8 Å². The van der Waals surface area contributed by atoms with E-state index in [1.807, 2.05) is 0 Å². The van der Waals surface area contributed by atoms with E-state index >= 15 is 0 Å². The van der Waals surface area contributed by atoms with E-state index in [2.05, 4.69) is 11.1 Å². The molecule has 0 spiro atoms. The topological polar surface area (TPSA) is 110 Å². The zero-order valence-electron chi connectivity index (χ0n) is 7.84. The summed E-state index contributed by atoms with van der Waals surface area (Å²) in [6, 6.07) is -0.362. The Labute approximate surface area is 82.0 Å². The molecular formula is C7H14NO5P. The lowest BCUT2D eigenvalue weighted by Crippen LogP contribution is -2.22. The lowest BCUT2D eigenvalue weighted by Gasteiger charge is -2.10. The molecule has 14 heavy (non-hydrogen) atoms. The van der Waals surface area contributed by atoms with Gasteiger partial charge in [0.25, 0.3) is 0 Å². The molecule has 0 aromatic heterocycles. The Morgan fingerprint density at radius 1 is 1.64 bits per heavy atom. The zero-order valence-corrected chi connectivity index (χ0v) is 8.74. The first-order chi connectivity index (χ1) is 6.22. The molecule has 0 rings (SSSR count). The second kappa shape index (κ2) is 5.26. The molecule has 0 saturated carbocycles. The molecule has 0 radical (unpaired) electrons. The molecule has 0 aliphatic heterocycles. The lowest BCUT2D eigenvalue weighted by atomic mass is 10.1. The first-order valence-electron chi connectivity index (χ1n) is 3.91. The van der Waals surface area contributed by atoms with Crippen LogP contribution in [0.2, 0.25) is 0 Å². The highest BCUT2D eigenvalue weighted by Crippen LogP contribution is 2.36. The van der Waals surface area contributed by atoms with Crippen molar-refractivity contribution in [2.45, 2.75) is 25.8 Å². The summed E-state index contributed by atoms with van der Waals surface area (Å²) in [5, 5.41) is 0. The van der Waals surface area contributed by atoms with Gasteiger partial charge in [0.05, 0.1) is 0 Å². The number of rotatable bonds is 5. The quantitative estimate of drug-likeness (QED) is 0.457. The first kappa shape index (κ1) is 13.3. The molecule has 1 atom stereocenters. The number of carbonyl (C=O) groups is 1. The highest BCUT2D eigenvalue weighted by molar-refractivity contribution is 7.46. The Morgan fingerprint density at radius 2 is 2.14 bits per heavy atom. The third-order valence-corrected chi connectivity index (χ3v) is 1.95. The molecule has 82 valence electrons. The molecule has 0 aromatic rings. The van der Waals surface area contributed by atoms with Gasteiger partial charge in [0, 0.05) is 12.5 Å². The average Bonchev–Trinajstić information content (AvgIpc) is 1.96. The maximum absolute atomic E-state index is 10.8. The van der Waals surface area contributed by atoms with Crippen molar-refractivity contribution in [3.8, 4) is 0 Å². The van der Waals surface area contributed by atoms with Gasteiger partial charge in [-0.15, -0.1) is 0 Å². The van der Waals surface area contributed by atoms with E-state index in [4.69, 9.17) is 15.5 Å². The summed E-state index contributed by atoms with van der Waals surface area (Å²) in [6.45, 7) is 5.28. The van der Waals surface area contributed by atoms with E-state index < -0.39 is 13.8 Å². The van der Waals surface area contributed by atoms with Crippen molar-refractivity contribution in [3.63, 3.8) is 0 Å². The predicted molar refractivity (Wildman–Crippen MR) is 50.2 cm³/mol. The van der Waals surface area contributed by atoms with Gasteiger partial charge >= 0.3 is 13.8 Å². The Bertz CT molecular complexity index is 271. The fourth-order valence-corrected chi connectivity index (χ4v) is 1.05. The third kappa shape index (κ3) is 6.80. The Kier molecular flexibility index (Phi) is 5.01. The van der Waals surface area contributed by atoms with Gasteiger partial charge in [0.15, 0.2) is 0 Å². The largest absolute Gasteiger partial charge is 0.526 e. The molecule has 0 fully saturated rings. The van der Waals surface area contributed by atoms with Crippen LogP contribution >= 0.6 is 7.82 Å². The minimum Gasteiger partial charge on any atom is -0.371 e. The van der Waals surface area contributed by atoms with Crippen LogP contribution in [0.15, 0.2) is 12.2 Å². The maximum Gasteiger partial charge on any atom is 0.526 e. The van der Waals surface area contributed by atoms with Crippen LogP contribution in [0, 0.1) is 0 Å². The summed E-state index contributed by atoms with van der Waals surface area (Å²) in [5.41, 5.74) is 6.23. The molecule has 0 aliphatic rings. The molecule has 4 N–H and O–H groups in total. The standard InChI is InChI=1S/C7H14NO5P/c1-5(2)6(8)3-4-7(9)13-14(10,11)12/h6H,1,3-4,8H2,2H3,(H2,10,11,12)/t6-/m0/s1. The second-order valence-electron chi connectivity index (χ2n) is 2.95. The molecule has 0 heterocycles. The van der Waals surface area contributed by atoms with Crippen LogP contribution < -0.4 is 5.73 Å². The number of phosphoric ester groups is 1. The van der Waals surface area contributed by atoms with Crippen molar-refractivity contribution < 1.29 is 23.7 Å². The molecule has 0 bridgehead atoms. The summed E-state index contributed by atoms with van der Waals surface area (Å²) in [6.07, 6.45) is 0.118. The smallest absolute Gasteiger partial charge is 0.371 e. The molecular weight excluding hydrogens is 209 g/mol. The highest BCUT2D eigenvalue weighted by atomic mass is 31.2. The number of phosphoric acid groups is 1. The molecule has 7 heteroatoms. The van der Waals surface area contributed by atoms with Gasteiger partial charge in [-0.05, 0) is 13.3 Å². The van der Waals surface area contributed by atoms with E-state index in [1.165, 1.54) is 0 Å². The summed E-state index contributed by atoms with van der Waals surface area (Å²) < 4.78 is 14.0. The monoisotopic (exact) mass is 223 g/mol. The Balaban J connectivity index is 3.87. The van der Waals surface area contributed by atoms with Crippen molar-refractivity contribution in [2.75, 3.05) is 0 Å². The highest BCUT2D eigenvalue weighted by Gasteiger charge is 2.20. The van der Waals surface area contributed by atoms with Crippen LogP contribution in [0.5, 0.6) is 0 Å². The molecule has 6 nitrogen and oxygen atoms in total. The summed E-state index contributed by atoms with van der Waals surface area (Å²) in [5.74, 6) is -0.963. The van der Waals surface area contributed by atoms with Gasteiger partial charge in [0.2, 0.25) is 0 Å². The minimum atomic E-state index is -4.72. The SMILES string of the molecule is C=C(C)[C@@H](N)CCC(=O)OP(=O)(O)O. The molecule has 0 unspecified atom stereocenters. The second-order valence-corrected chi connectivity index (χ2v) is 4.11. The Morgan fingerprint density at radius 3 is 2.50 bits per heavy atom. The van der Waals surface area contributed by atoms with Crippen molar-refractivity contribution in [1.29, 1.82) is 0 Å². The van der Waals surface area contributed by atoms with Crippen LogP contribution in [-0.4, -0.2) is 21.8 Å². The average molecular weight is 223 g/mol. The third-order valence-electron chi connectivity index (χ3n) is 1.51. The minimum absolute atomic E-state index is 0.140. The van der Waals surface area contributed by atoms with Crippen molar-refractivity contribution in [3.05, 3.63) is 12.2 Å². The molecule has 0 aliphatic carbocycles. The van der Waals surface area contributed by atoms with Gasteiger partial charge in [-0.2, -0.15) is 0 Å². The molecule has 0 amide bonds. The summed E-state index contributed by atoms with van der Waals surface area (Å²) in [7, 11) is -4.72. The van der Waals surface area contributed by atoms with E-state index in [0.29, 0.717) is 5.57 Å². The van der Waals surface area contributed by atoms with Crippen LogP contribution in [0.25, 0.3) is 0 Å². The van der Waals surface area contributed by atoms with Gasteiger partial charge in [-0.3, -0.25) is 14.6 Å². The Hall–Kier alpha value is -0.680. The van der Waals surface area contributed by atoms with Gasteiger partial charge in [0.1, 0.15) is 0 Å². The first-order valence-corrected chi connectivity index (χ1v) is 5.44. The van der Waals surface area contributed by atoms with Gasteiger partial charge in [-0.25, -0.2) is 4.57 Å². The van der Waals surface area contributed by atoms with Gasteiger partial charge < -0.3 is 10.3 Å². The van der Waals surface area contributed by atoms with E-state index in [-0.39, 0.29) is 18.9 Å². The number of nitrogens with two attached hydrogens (primary N) is 1. The van der Waals surface area contributed by atoms with E-state index in [1.54, 1.807) is 6.92 Å². The lowest BCUT2D eigenvalue weighted by molar-refractivity contribution is -0.135. The van der Waals surface area contributed by atoms with Crippen molar-refractivity contribution in [2.24, 2.45) is 5.73 Å². The molecule has 0 saturated heterocycles. The zero-order chi connectivity index (χ0) is 11.4. The van der Waals surface area contributed by atoms with Crippen molar-refractivity contribution in [1.82, 2.24) is 0 Å². The summed E-state index contributed by atoms with van der Waals surface area (Å²) >= 11 is 0. The fraction of sp³-hybridized carbons (Fsp3) is 0.571. The van der Waals surface area contributed by atoms with Crippen LogP contribution in [0.3, 0.4) is 0 Å². The number of carbonyl (C=O) groups excluding carboxylic acids is 1. The summed E-state index contributed by atoms with van der Waals surface area (Å²) in [4.78, 5) is 27.3. The fourth-order valence-electron chi connectivity index (χ4n) is 0.698. The van der Waals surface area contributed by atoms with Gasteiger partial charge in [-0.1, -0.05) is 12.2 Å². The van der Waals surface area contributed by atoms with Crippen LogP contribution in [-0.2, 0) is 13.9 Å². The van der Waals surface area contributed by atoms with E-state index in [0.717, 1.165) is 0 Å². The van der Waals surface area contributed by atoms with Crippen LogP contribution in [0.4, 0.5) is 0 Å². The predicted octanol–water partition coefficient (Wildman–Crippen LogP) is 0.306. The normalized spacial score (nSPS) is 13.4.